The molecule has 0 saturated heterocycles. The topological polar surface area (TPSA) is 62.7 Å². The van der Waals surface area contributed by atoms with Crippen molar-refractivity contribution in [2.24, 2.45) is 22.7 Å². The molecule has 0 spiro atoms. The van der Waals surface area contributed by atoms with E-state index in [1.165, 1.54) is 32.8 Å². The third-order valence-corrected chi connectivity index (χ3v) is 4.46. The van der Waals surface area contributed by atoms with Gasteiger partial charge in [0.2, 0.25) is 0 Å². The van der Waals surface area contributed by atoms with Gasteiger partial charge in [-0.15, -0.1) is 24.0 Å². The molecule has 1 aliphatic carbocycles. The van der Waals surface area contributed by atoms with Crippen molar-refractivity contribution in [2.45, 2.75) is 52.5 Å². The van der Waals surface area contributed by atoms with Gasteiger partial charge in [-0.1, -0.05) is 20.8 Å². The predicted octanol–water partition coefficient (Wildman–Crippen LogP) is 2.79. The SMILES string of the molecule is CN=C(NCC(C)C(=O)OC)NC1CCC(C(C)C)CC1.I. The second kappa shape index (κ2) is 11.1. The Morgan fingerprint density at radius 1 is 1.23 bits per heavy atom. The lowest BCUT2D eigenvalue weighted by Gasteiger charge is -2.32. The van der Waals surface area contributed by atoms with Crippen LogP contribution in [0.2, 0.25) is 0 Å². The summed E-state index contributed by atoms with van der Waals surface area (Å²) in [6, 6.07) is 0.486. The molecule has 1 unspecified atom stereocenters. The normalized spacial score (nSPS) is 23.5. The van der Waals surface area contributed by atoms with Crippen LogP contribution in [0.3, 0.4) is 0 Å². The van der Waals surface area contributed by atoms with E-state index >= 15 is 0 Å². The minimum Gasteiger partial charge on any atom is -0.469 e. The van der Waals surface area contributed by atoms with Gasteiger partial charge in [0.15, 0.2) is 5.96 Å². The first-order valence-electron chi connectivity index (χ1n) is 8.02. The monoisotopic (exact) mass is 425 g/mol. The molecule has 0 radical (unpaired) electrons. The molecular formula is C16H32IN3O2. The predicted molar refractivity (Wildman–Crippen MR) is 102 cm³/mol. The number of guanidine groups is 1. The zero-order valence-corrected chi connectivity index (χ0v) is 16.8. The molecule has 1 rings (SSSR count). The van der Waals surface area contributed by atoms with Crippen LogP contribution in [-0.4, -0.2) is 38.7 Å². The number of nitrogens with zero attached hydrogens (tertiary/aromatic N) is 1. The highest BCUT2D eigenvalue weighted by Crippen LogP contribution is 2.29. The number of rotatable bonds is 5. The zero-order valence-electron chi connectivity index (χ0n) is 14.5. The molecule has 130 valence electrons. The first kappa shape index (κ1) is 21.5. The largest absolute Gasteiger partial charge is 0.469 e. The minimum atomic E-state index is -0.199. The van der Waals surface area contributed by atoms with Gasteiger partial charge >= 0.3 is 5.97 Å². The summed E-state index contributed by atoms with van der Waals surface area (Å²) >= 11 is 0. The van der Waals surface area contributed by atoms with E-state index < -0.39 is 0 Å². The third-order valence-electron chi connectivity index (χ3n) is 4.46. The Labute approximate surface area is 152 Å². The summed E-state index contributed by atoms with van der Waals surface area (Å²) < 4.78 is 4.72. The summed E-state index contributed by atoms with van der Waals surface area (Å²) in [4.78, 5) is 15.6. The standard InChI is InChI=1S/C16H31N3O2.HI/c1-11(2)13-6-8-14(9-7-13)19-16(17-4)18-10-12(3)15(20)21-5;/h11-14H,6-10H2,1-5H3,(H2,17,18,19);1H. The van der Waals surface area contributed by atoms with E-state index in [-0.39, 0.29) is 35.9 Å². The average Bonchev–Trinajstić information content (AvgIpc) is 2.50. The molecular weight excluding hydrogens is 393 g/mol. The molecule has 0 aromatic carbocycles. The number of carbonyl (C=O) groups is 1. The van der Waals surface area contributed by atoms with Crippen LogP contribution >= 0.6 is 24.0 Å². The number of carbonyl (C=O) groups excluding carboxylic acids is 1. The van der Waals surface area contributed by atoms with E-state index in [9.17, 15) is 4.79 Å². The average molecular weight is 425 g/mol. The second-order valence-corrected chi connectivity index (χ2v) is 6.38. The fraction of sp³-hybridized carbons (Fsp3) is 0.875. The number of halogens is 1. The highest BCUT2D eigenvalue weighted by molar-refractivity contribution is 14.0. The quantitative estimate of drug-likeness (QED) is 0.308. The Kier molecular flexibility index (Phi) is 10.8. The van der Waals surface area contributed by atoms with Crippen LogP contribution in [0.4, 0.5) is 0 Å². The molecule has 5 nitrogen and oxygen atoms in total. The summed E-state index contributed by atoms with van der Waals surface area (Å²) in [6.07, 6.45) is 4.95. The highest BCUT2D eigenvalue weighted by atomic mass is 127. The van der Waals surface area contributed by atoms with Crippen LogP contribution in [0, 0.1) is 17.8 Å². The molecule has 0 aliphatic heterocycles. The minimum absolute atomic E-state index is 0. The third kappa shape index (κ3) is 7.15. The van der Waals surface area contributed by atoms with E-state index in [1.54, 1.807) is 7.05 Å². The first-order valence-corrected chi connectivity index (χ1v) is 8.02. The van der Waals surface area contributed by atoms with Gasteiger partial charge in [-0.25, -0.2) is 0 Å². The number of aliphatic imine (C=N–C) groups is 1. The number of hydrogen-bond acceptors (Lipinski definition) is 3. The van der Waals surface area contributed by atoms with Gasteiger partial charge in [-0.3, -0.25) is 9.79 Å². The number of methoxy groups -OCH3 is 1. The van der Waals surface area contributed by atoms with Crippen LogP contribution in [-0.2, 0) is 9.53 Å². The summed E-state index contributed by atoms with van der Waals surface area (Å²) in [6.45, 7) is 7.01. The molecule has 0 aromatic heterocycles. The van der Waals surface area contributed by atoms with Gasteiger partial charge in [-0.2, -0.15) is 0 Å². The number of nitrogens with one attached hydrogen (secondary N) is 2. The molecule has 1 saturated carbocycles. The van der Waals surface area contributed by atoms with Crippen molar-refractivity contribution in [2.75, 3.05) is 20.7 Å². The smallest absolute Gasteiger partial charge is 0.310 e. The Hall–Kier alpha value is -0.530. The second-order valence-electron chi connectivity index (χ2n) is 6.38. The van der Waals surface area contributed by atoms with Gasteiger partial charge in [0.25, 0.3) is 0 Å². The van der Waals surface area contributed by atoms with Crippen LogP contribution in [0.15, 0.2) is 4.99 Å². The maximum Gasteiger partial charge on any atom is 0.310 e. The van der Waals surface area contributed by atoms with E-state index in [4.69, 9.17) is 4.74 Å². The lowest BCUT2D eigenvalue weighted by molar-refractivity contribution is -0.144. The van der Waals surface area contributed by atoms with Gasteiger partial charge < -0.3 is 15.4 Å². The Morgan fingerprint density at radius 3 is 2.27 bits per heavy atom. The van der Waals surface area contributed by atoms with Crippen LogP contribution < -0.4 is 10.6 Å². The molecule has 1 fully saturated rings. The summed E-state index contributed by atoms with van der Waals surface area (Å²) in [7, 11) is 3.18. The van der Waals surface area contributed by atoms with Gasteiger partial charge in [0, 0.05) is 19.6 Å². The molecule has 22 heavy (non-hydrogen) atoms. The first-order chi connectivity index (χ1) is 9.97. The Morgan fingerprint density at radius 2 is 1.82 bits per heavy atom. The van der Waals surface area contributed by atoms with Crippen molar-refractivity contribution >= 4 is 35.9 Å². The lowest BCUT2D eigenvalue weighted by atomic mass is 9.80. The highest BCUT2D eigenvalue weighted by Gasteiger charge is 2.24. The van der Waals surface area contributed by atoms with Gasteiger partial charge in [-0.05, 0) is 37.5 Å². The zero-order chi connectivity index (χ0) is 15.8. The summed E-state index contributed by atoms with van der Waals surface area (Å²) in [5.74, 6) is 2.04. The number of esters is 1. The fourth-order valence-corrected chi connectivity index (χ4v) is 2.85. The lowest BCUT2D eigenvalue weighted by Crippen LogP contribution is -2.46. The van der Waals surface area contributed by atoms with E-state index in [0.717, 1.165) is 17.8 Å². The van der Waals surface area contributed by atoms with Crippen molar-refractivity contribution in [3.63, 3.8) is 0 Å². The van der Waals surface area contributed by atoms with Crippen molar-refractivity contribution in [1.82, 2.24) is 10.6 Å². The van der Waals surface area contributed by atoms with Crippen molar-refractivity contribution < 1.29 is 9.53 Å². The molecule has 1 aliphatic rings. The fourth-order valence-electron chi connectivity index (χ4n) is 2.85. The number of ether oxygens (including phenoxy) is 1. The van der Waals surface area contributed by atoms with Crippen LogP contribution in [0.25, 0.3) is 0 Å². The maximum absolute atomic E-state index is 11.4. The van der Waals surface area contributed by atoms with Crippen LogP contribution in [0.1, 0.15) is 46.5 Å². The van der Waals surface area contributed by atoms with Crippen molar-refractivity contribution in [3.05, 3.63) is 0 Å². The molecule has 2 N–H and O–H groups in total. The van der Waals surface area contributed by atoms with Crippen LogP contribution in [0.5, 0.6) is 0 Å². The maximum atomic E-state index is 11.4. The van der Waals surface area contributed by atoms with Gasteiger partial charge in [0.05, 0.1) is 13.0 Å². The number of hydrogen-bond donors (Lipinski definition) is 2. The van der Waals surface area contributed by atoms with Gasteiger partial charge in [0.1, 0.15) is 0 Å². The Balaban J connectivity index is 0.00000441. The van der Waals surface area contributed by atoms with Crippen molar-refractivity contribution in [1.29, 1.82) is 0 Å². The molecule has 0 aromatic rings. The van der Waals surface area contributed by atoms with E-state index in [1.807, 2.05) is 6.92 Å². The van der Waals surface area contributed by atoms with E-state index in [2.05, 4.69) is 29.5 Å². The molecule has 0 bridgehead atoms. The summed E-state index contributed by atoms with van der Waals surface area (Å²) in [5.41, 5.74) is 0. The molecule has 0 amide bonds. The summed E-state index contributed by atoms with van der Waals surface area (Å²) in [5, 5.41) is 6.67. The van der Waals surface area contributed by atoms with Crippen molar-refractivity contribution in [3.8, 4) is 0 Å². The Bertz CT molecular complexity index is 353. The molecule has 0 heterocycles. The molecule has 1 atom stereocenters. The molecule has 6 heteroatoms. The van der Waals surface area contributed by atoms with E-state index in [0.29, 0.717) is 12.6 Å².